The van der Waals surface area contributed by atoms with Gasteiger partial charge in [-0.3, -0.25) is 9.36 Å². The first kappa shape index (κ1) is 20.4. The van der Waals surface area contributed by atoms with Crippen LogP contribution in [0, 0.1) is 0 Å². The van der Waals surface area contributed by atoms with Crippen LogP contribution in [0.15, 0.2) is 35.5 Å². The SMILES string of the molecule is C[C@H]1CCCCN1C(=O)CSc1nnc(C[NH+]2CCCCC2)n1-c1ccccc1. The number of para-hydroxylation sites is 1. The van der Waals surface area contributed by atoms with Gasteiger partial charge >= 0.3 is 0 Å². The molecule has 0 bridgehead atoms. The maximum absolute atomic E-state index is 12.8. The lowest BCUT2D eigenvalue weighted by Crippen LogP contribution is -3.11. The Morgan fingerprint density at radius 3 is 2.66 bits per heavy atom. The quantitative estimate of drug-likeness (QED) is 0.737. The maximum Gasteiger partial charge on any atom is 0.233 e. The molecule has 0 radical (unpaired) electrons. The van der Waals surface area contributed by atoms with Gasteiger partial charge in [0, 0.05) is 18.3 Å². The molecule has 156 valence electrons. The first-order chi connectivity index (χ1) is 14.2. The number of rotatable bonds is 6. The van der Waals surface area contributed by atoms with Crippen molar-refractivity contribution >= 4 is 17.7 Å². The van der Waals surface area contributed by atoms with E-state index in [0.29, 0.717) is 11.8 Å². The predicted octanol–water partition coefficient (Wildman–Crippen LogP) is 2.33. The minimum absolute atomic E-state index is 0.216. The van der Waals surface area contributed by atoms with E-state index in [4.69, 9.17) is 0 Å². The minimum atomic E-state index is 0.216. The van der Waals surface area contributed by atoms with Crippen LogP contribution in [0.5, 0.6) is 0 Å². The Balaban J connectivity index is 1.50. The van der Waals surface area contributed by atoms with Gasteiger partial charge in [0.05, 0.1) is 18.8 Å². The van der Waals surface area contributed by atoms with Gasteiger partial charge in [-0.15, -0.1) is 10.2 Å². The van der Waals surface area contributed by atoms with Gasteiger partial charge in [0.25, 0.3) is 0 Å². The van der Waals surface area contributed by atoms with Crippen molar-refractivity contribution in [3.05, 3.63) is 36.2 Å². The van der Waals surface area contributed by atoms with E-state index >= 15 is 0 Å². The van der Waals surface area contributed by atoms with Gasteiger partial charge in [-0.2, -0.15) is 0 Å². The lowest BCUT2D eigenvalue weighted by atomic mass is 10.0. The van der Waals surface area contributed by atoms with E-state index in [2.05, 4.69) is 33.8 Å². The van der Waals surface area contributed by atoms with Crippen LogP contribution in [0.2, 0.25) is 0 Å². The summed E-state index contributed by atoms with van der Waals surface area (Å²) in [5.41, 5.74) is 1.07. The number of amides is 1. The van der Waals surface area contributed by atoms with Crippen molar-refractivity contribution in [3.63, 3.8) is 0 Å². The van der Waals surface area contributed by atoms with Gasteiger partial charge in [-0.1, -0.05) is 30.0 Å². The van der Waals surface area contributed by atoms with E-state index in [1.807, 2.05) is 23.1 Å². The van der Waals surface area contributed by atoms with E-state index in [1.165, 1.54) is 50.5 Å². The number of piperidine rings is 2. The van der Waals surface area contributed by atoms with Crippen LogP contribution in [0.3, 0.4) is 0 Å². The molecule has 1 aromatic heterocycles. The molecule has 0 unspecified atom stereocenters. The van der Waals surface area contributed by atoms with Crippen molar-refractivity contribution in [2.45, 2.75) is 63.2 Å². The molecule has 1 amide bonds. The van der Waals surface area contributed by atoms with E-state index < -0.39 is 0 Å². The fourth-order valence-electron chi connectivity index (χ4n) is 4.47. The highest BCUT2D eigenvalue weighted by Crippen LogP contribution is 2.24. The molecular weight excluding hydrogens is 382 g/mol. The highest BCUT2D eigenvalue weighted by molar-refractivity contribution is 7.99. The number of carbonyl (C=O) groups excluding carboxylic acids is 1. The summed E-state index contributed by atoms with van der Waals surface area (Å²) in [6.07, 6.45) is 7.37. The zero-order valence-electron chi connectivity index (χ0n) is 17.3. The Morgan fingerprint density at radius 2 is 1.90 bits per heavy atom. The van der Waals surface area contributed by atoms with Gasteiger partial charge in [0.2, 0.25) is 5.91 Å². The number of carbonyl (C=O) groups is 1. The average molecular weight is 415 g/mol. The first-order valence-electron chi connectivity index (χ1n) is 11.0. The number of thioether (sulfide) groups is 1. The maximum atomic E-state index is 12.8. The molecule has 4 rings (SSSR count). The Kier molecular flexibility index (Phi) is 6.87. The van der Waals surface area contributed by atoms with Crippen LogP contribution in [-0.4, -0.2) is 57.0 Å². The summed E-state index contributed by atoms with van der Waals surface area (Å²) < 4.78 is 2.15. The molecule has 1 atom stereocenters. The summed E-state index contributed by atoms with van der Waals surface area (Å²) in [6.45, 7) is 6.34. The third kappa shape index (κ3) is 5.01. The van der Waals surface area contributed by atoms with E-state index in [-0.39, 0.29) is 5.91 Å². The van der Waals surface area contributed by atoms with Crippen molar-refractivity contribution in [2.24, 2.45) is 0 Å². The van der Waals surface area contributed by atoms with Gasteiger partial charge in [-0.05, 0) is 57.6 Å². The second-order valence-corrected chi connectivity index (χ2v) is 9.22. The van der Waals surface area contributed by atoms with Crippen molar-refractivity contribution in [3.8, 4) is 5.69 Å². The summed E-state index contributed by atoms with van der Waals surface area (Å²) in [5, 5.41) is 9.84. The van der Waals surface area contributed by atoms with Crippen LogP contribution < -0.4 is 4.90 Å². The molecule has 7 heteroatoms. The minimum Gasteiger partial charge on any atom is -0.339 e. The first-order valence-corrected chi connectivity index (χ1v) is 12.0. The van der Waals surface area contributed by atoms with Crippen molar-refractivity contribution in [1.29, 1.82) is 0 Å². The topological polar surface area (TPSA) is 55.5 Å². The largest absolute Gasteiger partial charge is 0.339 e. The zero-order valence-corrected chi connectivity index (χ0v) is 18.2. The fraction of sp³-hybridized carbons (Fsp3) is 0.591. The van der Waals surface area contributed by atoms with Crippen molar-refractivity contribution in [2.75, 3.05) is 25.4 Å². The molecule has 0 saturated carbocycles. The molecule has 2 aliphatic rings. The number of hydrogen-bond donors (Lipinski definition) is 1. The lowest BCUT2D eigenvalue weighted by molar-refractivity contribution is -0.919. The van der Waals surface area contributed by atoms with Gasteiger partial charge in [0.15, 0.2) is 11.0 Å². The third-order valence-electron chi connectivity index (χ3n) is 6.13. The highest BCUT2D eigenvalue weighted by Gasteiger charge is 2.25. The molecule has 2 aliphatic heterocycles. The second-order valence-electron chi connectivity index (χ2n) is 8.28. The van der Waals surface area contributed by atoms with E-state index in [1.54, 1.807) is 4.90 Å². The number of aromatic nitrogens is 3. The Morgan fingerprint density at radius 1 is 1.10 bits per heavy atom. The fourth-order valence-corrected chi connectivity index (χ4v) is 5.33. The van der Waals surface area contributed by atoms with Crippen molar-refractivity contribution < 1.29 is 9.69 Å². The molecule has 2 saturated heterocycles. The molecule has 1 aromatic carbocycles. The highest BCUT2D eigenvalue weighted by atomic mass is 32.2. The molecule has 0 spiro atoms. The summed E-state index contributed by atoms with van der Waals surface area (Å²) >= 11 is 1.52. The molecule has 3 heterocycles. The molecule has 2 aromatic rings. The monoisotopic (exact) mass is 414 g/mol. The number of benzene rings is 1. The molecule has 2 fully saturated rings. The normalized spacial score (nSPS) is 20.7. The molecular formula is C22H32N5OS+. The molecule has 1 N–H and O–H groups in total. The van der Waals surface area contributed by atoms with Crippen LogP contribution >= 0.6 is 11.8 Å². The van der Waals surface area contributed by atoms with E-state index in [9.17, 15) is 4.79 Å². The average Bonchev–Trinajstić information content (AvgIpc) is 3.16. The Labute approximate surface area is 177 Å². The summed E-state index contributed by atoms with van der Waals surface area (Å²) in [7, 11) is 0. The second kappa shape index (κ2) is 9.76. The number of nitrogens with one attached hydrogen (secondary N) is 1. The Hall–Kier alpha value is -1.86. The zero-order chi connectivity index (χ0) is 20.1. The van der Waals surface area contributed by atoms with Crippen molar-refractivity contribution in [1.82, 2.24) is 19.7 Å². The van der Waals surface area contributed by atoms with Crippen LogP contribution in [-0.2, 0) is 11.3 Å². The molecule has 0 aliphatic carbocycles. The van der Waals surface area contributed by atoms with Crippen LogP contribution in [0.25, 0.3) is 5.69 Å². The Bertz CT molecular complexity index is 803. The van der Waals surface area contributed by atoms with Gasteiger partial charge < -0.3 is 9.80 Å². The number of quaternary nitrogens is 1. The summed E-state index contributed by atoms with van der Waals surface area (Å²) in [4.78, 5) is 16.4. The summed E-state index contributed by atoms with van der Waals surface area (Å²) in [5.74, 6) is 1.63. The van der Waals surface area contributed by atoms with Crippen LogP contribution in [0.1, 0.15) is 51.3 Å². The number of hydrogen-bond acceptors (Lipinski definition) is 4. The number of likely N-dealkylation sites (tertiary alicyclic amines) is 2. The lowest BCUT2D eigenvalue weighted by Gasteiger charge is -2.33. The predicted molar refractivity (Wildman–Crippen MR) is 115 cm³/mol. The third-order valence-corrected chi connectivity index (χ3v) is 7.05. The number of nitrogens with zero attached hydrogens (tertiary/aromatic N) is 4. The molecule has 29 heavy (non-hydrogen) atoms. The van der Waals surface area contributed by atoms with Crippen LogP contribution in [0.4, 0.5) is 0 Å². The van der Waals surface area contributed by atoms with E-state index in [0.717, 1.165) is 42.6 Å². The smallest absolute Gasteiger partial charge is 0.233 e. The summed E-state index contributed by atoms with van der Waals surface area (Å²) in [6, 6.07) is 10.6. The van der Waals surface area contributed by atoms with Gasteiger partial charge in [0.1, 0.15) is 6.54 Å². The molecule has 6 nitrogen and oxygen atoms in total. The standard InChI is InChI=1S/C22H31N5OS/c1-18-10-6-9-15-26(18)21(28)17-29-22-24-23-20(16-25-13-7-3-8-14-25)27(22)19-11-4-2-5-12-19/h2,4-5,11-12,18H,3,6-10,13-17H2,1H3/p+1/t18-/m0/s1. The van der Waals surface area contributed by atoms with Gasteiger partial charge in [-0.25, -0.2) is 0 Å².